The van der Waals surface area contributed by atoms with Crippen molar-refractivity contribution < 1.29 is 120 Å². The zero-order chi connectivity index (χ0) is 79.4. The van der Waals surface area contributed by atoms with Crippen molar-refractivity contribution in [3.8, 4) is 12.3 Å². The summed E-state index contributed by atoms with van der Waals surface area (Å²) in [5.74, 6) is -4.61. The average molecular weight is 1580 g/mol. The van der Waals surface area contributed by atoms with Gasteiger partial charge in [-0.15, -0.1) is 11.5 Å². The highest BCUT2D eigenvalue weighted by Gasteiger charge is 2.51. The Bertz CT molecular complexity index is 3700. The van der Waals surface area contributed by atoms with Crippen LogP contribution in [0.2, 0.25) is 0 Å². The van der Waals surface area contributed by atoms with Crippen molar-refractivity contribution in [2.24, 2.45) is 10.8 Å². The summed E-state index contributed by atoms with van der Waals surface area (Å²) in [5, 5.41) is 34.9. The molecule has 3 aromatic heterocycles. The van der Waals surface area contributed by atoms with Crippen molar-refractivity contribution in [3.63, 3.8) is 0 Å². The molecule has 0 aromatic carbocycles. The Morgan fingerprint density at radius 3 is 1.74 bits per heavy atom. The largest absolute Gasteiger partial charge is 0.471 e. The zero-order valence-corrected chi connectivity index (χ0v) is 59.1. The number of aromatic amines is 2. The van der Waals surface area contributed by atoms with Crippen LogP contribution in [0.25, 0.3) is 10.4 Å². The first-order chi connectivity index (χ1) is 49.8. The minimum absolute atomic E-state index is 0.0284. The lowest BCUT2D eigenvalue weighted by atomic mass is 10.1. The Morgan fingerprint density at radius 1 is 0.726 bits per heavy atom. The van der Waals surface area contributed by atoms with Crippen LogP contribution in [0.3, 0.4) is 0 Å². The maximum Gasteiger partial charge on any atom is 0.471 e. The van der Waals surface area contributed by atoms with E-state index in [1.54, 1.807) is 10.9 Å². The number of hydrogen-bond donors (Lipinski definition) is 11. The number of alkyl carbamates (subject to hydrolysis) is 2. The smallest absolute Gasteiger partial charge is 0.447 e. The van der Waals surface area contributed by atoms with Gasteiger partial charge in [-0.1, -0.05) is 23.2 Å². The Balaban J connectivity index is 0.000000422. The van der Waals surface area contributed by atoms with Gasteiger partial charge in [0.05, 0.1) is 19.3 Å². The number of alkyl halides is 9. The van der Waals surface area contributed by atoms with Crippen LogP contribution in [0.1, 0.15) is 76.4 Å². The molecule has 0 bridgehead atoms. The number of unbranched alkanes of at least 4 members (excludes halogenated alkanes) is 2. The molecule has 39 nitrogen and oxygen atoms in total. The van der Waals surface area contributed by atoms with Gasteiger partial charge in [-0.2, -0.15) is 39.5 Å². The molecule has 2 saturated heterocycles. The third-order valence-corrected chi connectivity index (χ3v) is 16.5. The number of aromatic nitrogens is 7. The first-order valence-electron chi connectivity index (χ1n) is 32.3. The van der Waals surface area contributed by atoms with Gasteiger partial charge in [-0.3, -0.25) is 65.9 Å². The number of methoxy groups -OCH3 is 1. The molecule has 598 valence electrons. The summed E-state index contributed by atoms with van der Waals surface area (Å²) in [6.07, 6.45) is -15.5. The van der Waals surface area contributed by atoms with Crippen LogP contribution in [-0.4, -0.2) is 256 Å². The fourth-order valence-corrected chi connectivity index (χ4v) is 11.0. The zero-order valence-electron chi connectivity index (χ0n) is 57.3. The highest BCUT2D eigenvalue weighted by molar-refractivity contribution is 7.52. The monoisotopic (exact) mass is 1580 g/mol. The SMILES string of the molecule is C#CCNC(=O)OC[C@H]1O[C@@H](n2ccc(=O)[nH]c2=O)[C@@H](OC)C1OP(=O)(O)CC.CP(=O)(O)OC1[C@@H](COC(=O)NCc2cn(CCCNCCCCNCCCN)nn2)O[C@@H](n2ccc(=O)[nH]c2=O)[C@H]1O.[N-]=[N+]=NCCCN(CCCCN(CCCNC(=O)C(F)(F)F)C(=O)C(F)(F)F)C(=O)C(F)(F)F. The number of terminal acetylenes is 1. The van der Waals surface area contributed by atoms with Gasteiger partial charge >= 0.3 is 75.0 Å². The number of nitrogens with one attached hydrogen (secondary N) is 7. The van der Waals surface area contributed by atoms with Crippen molar-refractivity contribution in [1.29, 1.82) is 0 Å². The van der Waals surface area contributed by atoms with E-state index in [9.17, 15) is 107 Å². The maximum atomic E-state index is 12.7. The van der Waals surface area contributed by atoms with E-state index in [1.165, 1.54) is 25.5 Å². The predicted octanol–water partition coefficient (Wildman–Crippen LogP) is 0.928. The van der Waals surface area contributed by atoms with Crippen LogP contribution in [0.5, 0.6) is 0 Å². The number of carbonyl (C=O) groups is 5. The van der Waals surface area contributed by atoms with Crippen molar-refractivity contribution in [1.82, 2.24) is 70.5 Å². The fraction of sp³-hybridized carbons (Fsp3) is 0.696. The number of aliphatic hydroxyl groups excluding tert-OH is 1. The third kappa shape index (κ3) is 33.7. The maximum absolute atomic E-state index is 12.7. The quantitative estimate of drug-likeness (QED) is 0.00717. The van der Waals surface area contributed by atoms with Gasteiger partial charge in [-0.25, -0.2) is 19.2 Å². The summed E-state index contributed by atoms with van der Waals surface area (Å²) in [6.45, 7) is 3.43. The summed E-state index contributed by atoms with van der Waals surface area (Å²) < 4.78 is 178. The number of carbonyl (C=O) groups excluding carboxylic acids is 5. The second-order valence-electron chi connectivity index (χ2n) is 22.7. The molecular formula is C56H85F9N18O21P2. The van der Waals surface area contributed by atoms with Crippen LogP contribution in [0.4, 0.5) is 49.1 Å². The molecule has 0 aliphatic carbocycles. The molecule has 5 heterocycles. The van der Waals surface area contributed by atoms with E-state index in [2.05, 4.69) is 52.5 Å². The van der Waals surface area contributed by atoms with E-state index >= 15 is 0 Å². The normalized spacial score (nSPS) is 19.6. The Hall–Kier alpha value is -8.29. The van der Waals surface area contributed by atoms with Crippen molar-refractivity contribution >= 4 is 45.1 Å². The van der Waals surface area contributed by atoms with E-state index in [4.69, 9.17) is 50.4 Å². The van der Waals surface area contributed by atoms with Crippen LogP contribution < -0.4 is 54.8 Å². The lowest BCUT2D eigenvalue weighted by Crippen LogP contribution is -2.44. The Labute approximate surface area is 596 Å². The first kappa shape index (κ1) is 91.9. The molecule has 2 aliphatic heterocycles. The Kier molecular flexibility index (Phi) is 39.4. The topological polar surface area (TPSA) is 527 Å². The highest BCUT2D eigenvalue weighted by Crippen LogP contribution is 2.48. The number of nitrogens with two attached hydrogens (primary N) is 1. The van der Waals surface area contributed by atoms with Crippen LogP contribution in [-0.2, 0) is 69.3 Å². The molecule has 4 unspecified atom stereocenters. The molecule has 10 atom stereocenters. The molecule has 5 amide bonds. The first-order valence-corrected chi connectivity index (χ1v) is 36.1. The number of halogens is 9. The van der Waals surface area contributed by atoms with Gasteiger partial charge in [0.1, 0.15) is 55.5 Å². The Morgan fingerprint density at radius 2 is 1.24 bits per heavy atom. The molecular weight excluding hydrogens is 1490 g/mol. The molecule has 50 heteroatoms. The number of aliphatic hydroxyl groups is 1. The van der Waals surface area contributed by atoms with Gasteiger partial charge in [0, 0.05) is 95.2 Å². The molecule has 2 aliphatic rings. The van der Waals surface area contributed by atoms with E-state index in [0.29, 0.717) is 23.7 Å². The summed E-state index contributed by atoms with van der Waals surface area (Å²) >= 11 is 0. The van der Waals surface area contributed by atoms with Gasteiger partial charge in [0.25, 0.3) is 11.1 Å². The number of aryl methyl sites for hydroxylation is 1. The lowest BCUT2D eigenvalue weighted by molar-refractivity contribution is -0.186. The predicted molar refractivity (Wildman–Crippen MR) is 350 cm³/mol. The number of hydrogen-bond acceptors (Lipinski definition) is 25. The number of azide groups is 1. The molecule has 3 aromatic rings. The molecule has 0 spiro atoms. The van der Waals surface area contributed by atoms with Crippen LogP contribution in [0.15, 0.2) is 55.0 Å². The molecule has 5 rings (SSSR count). The molecule has 106 heavy (non-hydrogen) atoms. The van der Waals surface area contributed by atoms with Gasteiger partial charge in [0.15, 0.2) is 12.5 Å². The molecule has 0 saturated carbocycles. The second-order valence-corrected chi connectivity index (χ2v) is 26.7. The highest BCUT2D eigenvalue weighted by atomic mass is 31.2. The van der Waals surface area contributed by atoms with E-state index in [0.717, 1.165) is 86.0 Å². The van der Waals surface area contributed by atoms with Gasteiger partial charge in [-0.05, 0) is 89.6 Å². The summed E-state index contributed by atoms with van der Waals surface area (Å²) in [5.41, 5.74) is 11.2. The number of ether oxygens (including phenoxy) is 5. The second kappa shape index (κ2) is 45.4. The van der Waals surface area contributed by atoms with Crippen LogP contribution >= 0.6 is 15.2 Å². The van der Waals surface area contributed by atoms with Crippen molar-refractivity contribution in [2.45, 2.75) is 139 Å². The molecule has 12 N–H and O–H groups in total. The molecule has 0 radical (unpaired) electrons. The summed E-state index contributed by atoms with van der Waals surface area (Å²) in [7, 11) is -6.82. The fourth-order valence-electron chi connectivity index (χ4n) is 9.52. The number of nitrogens with zero attached hydrogens (tertiary/aromatic N) is 10. The minimum atomic E-state index is -5.31. The van der Waals surface area contributed by atoms with Crippen LogP contribution in [0, 0.1) is 12.3 Å². The summed E-state index contributed by atoms with van der Waals surface area (Å²) in [6, 6.07) is 2.15. The molecule has 2 fully saturated rings. The van der Waals surface area contributed by atoms with E-state index in [-0.39, 0.29) is 56.6 Å². The van der Waals surface area contributed by atoms with Gasteiger partial charge < -0.3 is 80.7 Å². The summed E-state index contributed by atoms with van der Waals surface area (Å²) in [4.78, 5) is 131. The third-order valence-electron chi connectivity index (χ3n) is 14.5. The van der Waals surface area contributed by atoms with Crippen molar-refractivity contribution in [2.75, 3.05) is 112 Å². The van der Waals surface area contributed by atoms with Crippen molar-refractivity contribution in [3.05, 3.63) is 88.5 Å². The average Bonchev–Trinajstić information content (AvgIpc) is 1.64. The number of rotatable bonds is 40. The standard InChI is InChI=1S/C24H42N9O9P.C16H21F9N6O3.C16H22N3O9P/c1-43(38,39)42-21-18(41-22(20(21)35)33-13-6-19(34)29-23(33)36)16-40-24(37)28-14-17-15-32(31-30-17)12-5-11-27-9-3-2-8-26-10-4-7-25;17-14(18,19)11(32)27-5-3-9-30(12(33)15(20,21)22)7-1-2-8-31(10-4-6-28-29-26)13(34)16(23,24)25;1-4-7-17-16(22)26-9-10-12(28-29(23,24)5-2)13(25-3)14(27-10)19-8-6-11(20)18-15(19)21/h6,13,15,18,20-22,26-27,35H,2-5,7-12,14,16,25H2,1H3,(H,28,37)(H,38,39)(H,29,34,36);1-10H2,(H,27,32);1,6,8,10,12-14H,5,7,9H2,2-3H3,(H,17,22)(H,23,24)(H,18,20,21)/t18-,20+,21?,22-;;10-,12?,13+,14-/m1.1/s1. The van der Waals surface area contributed by atoms with E-state index in [1.807, 2.05) is 4.98 Å². The van der Waals surface area contributed by atoms with Gasteiger partial charge in [0.2, 0.25) is 0 Å². The number of amides is 5. The lowest BCUT2D eigenvalue weighted by Gasteiger charge is -2.26. The van der Waals surface area contributed by atoms with E-state index < -0.39 is 181 Å². The number of H-pyrrole nitrogens is 2. The minimum Gasteiger partial charge on any atom is -0.447 e.